The lowest BCUT2D eigenvalue weighted by Crippen LogP contribution is -2.47. The van der Waals surface area contributed by atoms with Crippen LogP contribution in [0.15, 0.2) is 24.3 Å². The summed E-state index contributed by atoms with van der Waals surface area (Å²) in [7, 11) is 0. The zero-order chi connectivity index (χ0) is 12.3. The lowest BCUT2D eigenvalue weighted by molar-refractivity contribution is -0.133. The number of amides is 1. The van der Waals surface area contributed by atoms with Gasteiger partial charge < -0.3 is 10.2 Å². The van der Waals surface area contributed by atoms with Gasteiger partial charge in [0.25, 0.3) is 0 Å². The predicted molar refractivity (Wildman–Crippen MR) is 69.3 cm³/mol. The van der Waals surface area contributed by atoms with Crippen molar-refractivity contribution < 1.29 is 4.79 Å². The lowest BCUT2D eigenvalue weighted by atomic mass is 9.99. The second kappa shape index (κ2) is 5.52. The van der Waals surface area contributed by atoms with Crippen molar-refractivity contribution in [3.05, 3.63) is 34.9 Å². The van der Waals surface area contributed by atoms with Crippen molar-refractivity contribution in [2.75, 3.05) is 26.2 Å². The minimum atomic E-state index is -0.119. The molecule has 3 nitrogen and oxygen atoms in total. The van der Waals surface area contributed by atoms with E-state index in [1.54, 1.807) is 0 Å². The molecule has 1 aliphatic heterocycles. The number of rotatable bonds is 2. The molecular formula is C13H17ClN2O. The highest BCUT2D eigenvalue weighted by atomic mass is 35.5. The summed E-state index contributed by atoms with van der Waals surface area (Å²) in [4.78, 5) is 14.2. The molecule has 0 saturated carbocycles. The van der Waals surface area contributed by atoms with Gasteiger partial charge in [0.1, 0.15) is 0 Å². The number of nitrogens with zero attached hydrogens (tertiary/aromatic N) is 1. The molecular weight excluding hydrogens is 236 g/mol. The van der Waals surface area contributed by atoms with Crippen LogP contribution in [0.4, 0.5) is 0 Å². The Bertz CT molecular complexity index is 402. The molecule has 17 heavy (non-hydrogen) atoms. The van der Waals surface area contributed by atoms with E-state index in [0.29, 0.717) is 5.02 Å². The molecule has 0 spiro atoms. The predicted octanol–water partition coefficient (Wildman–Crippen LogP) is 1.88. The van der Waals surface area contributed by atoms with Gasteiger partial charge in [-0.05, 0) is 24.6 Å². The maximum atomic E-state index is 12.3. The molecule has 1 atom stereocenters. The molecule has 2 rings (SSSR count). The number of halogens is 1. The number of piperazine rings is 1. The van der Waals surface area contributed by atoms with Crippen LogP contribution < -0.4 is 5.32 Å². The first-order valence-electron chi connectivity index (χ1n) is 5.93. The summed E-state index contributed by atoms with van der Waals surface area (Å²) in [6.07, 6.45) is 0. The fourth-order valence-corrected chi connectivity index (χ4v) is 2.28. The normalized spacial score (nSPS) is 17.9. The molecule has 1 unspecified atom stereocenters. The van der Waals surface area contributed by atoms with Crippen LogP contribution in [0, 0.1) is 0 Å². The number of carbonyl (C=O) groups is 1. The number of hydrogen-bond donors (Lipinski definition) is 1. The van der Waals surface area contributed by atoms with Crippen molar-refractivity contribution in [1.29, 1.82) is 0 Å². The van der Waals surface area contributed by atoms with Gasteiger partial charge in [0, 0.05) is 31.2 Å². The quantitative estimate of drug-likeness (QED) is 0.872. The van der Waals surface area contributed by atoms with Gasteiger partial charge >= 0.3 is 0 Å². The maximum absolute atomic E-state index is 12.3. The molecule has 0 aliphatic carbocycles. The van der Waals surface area contributed by atoms with Gasteiger partial charge in [-0.1, -0.05) is 23.7 Å². The largest absolute Gasteiger partial charge is 0.340 e. The van der Waals surface area contributed by atoms with Crippen LogP contribution in [0.25, 0.3) is 0 Å². The Kier molecular flexibility index (Phi) is 4.02. The summed E-state index contributed by atoms with van der Waals surface area (Å²) in [6, 6.07) is 7.54. The highest BCUT2D eigenvalue weighted by Crippen LogP contribution is 2.21. The van der Waals surface area contributed by atoms with Gasteiger partial charge in [-0.25, -0.2) is 0 Å². The van der Waals surface area contributed by atoms with Crippen LogP contribution >= 0.6 is 11.6 Å². The van der Waals surface area contributed by atoms with E-state index in [1.165, 1.54) is 0 Å². The molecule has 1 amide bonds. The third-order valence-corrected chi connectivity index (χ3v) is 3.38. The third-order valence-electron chi connectivity index (χ3n) is 3.15. The lowest BCUT2D eigenvalue weighted by Gasteiger charge is -2.30. The van der Waals surface area contributed by atoms with Crippen molar-refractivity contribution in [2.45, 2.75) is 12.8 Å². The van der Waals surface area contributed by atoms with E-state index >= 15 is 0 Å². The molecule has 1 N–H and O–H groups in total. The first-order valence-corrected chi connectivity index (χ1v) is 6.31. The summed E-state index contributed by atoms with van der Waals surface area (Å²) in [6.45, 7) is 5.30. The summed E-state index contributed by atoms with van der Waals surface area (Å²) >= 11 is 5.94. The number of hydrogen-bond acceptors (Lipinski definition) is 2. The maximum Gasteiger partial charge on any atom is 0.229 e. The monoisotopic (exact) mass is 252 g/mol. The fourth-order valence-electron chi connectivity index (χ4n) is 2.08. The summed E-state index contributed by atoms with van der Waals surface area (Å²) < 4.78 is 0. The average Bonchev–Trinajstić information content (AvgIpc) is 2.38. The van der Waals surface area contributed by atoms with Crippen LogP contribution in [0.5, 0.6) is 0 Å². The Hall–Kier alpha value is -1.06. The van der Waals surface area contributed by atoms with Crippen molar-refractivity contribution >= 4 is 17.5 Å². The minimum absolute atomic E-state index is 0.119. The molecule has 1 aromatic rings. The second-order valence-electron chi connectivity index (χ2n) is 4.35. The van der Waals surface area contributed by atoms with Crippen LogP contribution in [0.3, 0.4) is 0 Å². The average molecular weight is 253 g/mol. The van der Waals surface area contributed by atoms with Crippen molar-refractivity contribution in [3.8, 4) is 0 Å². The second-order valence-corrected chi connectivity index (χ2v) is 4.79. The highest BCUT2D eigenvalue weighted by molar-refractivity contribution is 6.30. The Morgan fingerprint density at radius 3 is 2.76 bits per heavy atom. The van der Waals surface area contributed by atoms with Crippen LogP contribution in [-0.4, -0.2) is 37.0 Å². The van der Waals surface area contributed by atoms with Crippen LogP contribution in [0.2, 0.25) is 5.02 Å². The van der Waals surface area contributed by atoms with E-state index in [-0.39, 0.29) is 11.8 Å². The molecule has 1 heterocycles. The smallest absolute Gasteiger partial charge is 0.229 e. The van der Waals surface area contributed by atoms with Crippen molar-refractivity contribution in [2.24, 2.45) is 0 Å². The molecule has 1 fully saturated rings. The molecule has 92 valence electrons. The van der Waals surface area contributed by atoms with Gasteiger partial charge in [-0.15, -0.1) is 0 Å². The third kappa shape index (κ3) is 2.99. The van der Waals surface area contributed by atoms with E-state index in [1.807, 2.05) is 36.1 Å². The van der Waals surface area contributed by atoms with Gasteiger partial charge in [0.05, 0.1) is 5.92 Å². The molecule has 4 heteroatoms. The zero-order valence-corrected chi connectivity index (χ0v) is 10.7. The molecule has 0 radical (unpaired) electrons. The van der Waals surface area contributed by atoms with E-state index in [9.17, 15) is 4.79 Å². The van der Waals surface area contributed by atoms with E-state index < -0.39 is 0 Å². The molecule has 0 bridgehead atoms. The molecule has 1 aromatic carbocycles. The van der Waals surface area contributed by atoms with Gasteiger partial charge in [-0.2, -0.15) is 0 Å². The van der Waals surface area contributed by atoms with Gasteiger partial charge in [-0.3, -0.25) is 4.79 Å². The summed E-state index contributed by atoms with van der Waals surface area (Å²) in [5, 5.41) is 3.93. The molecule has 1 aliphatic rings. The topological polar surface area (TPSA) is 32.3 Å². The van der Waals surface area contributed by atoms with E-state index in [0.717, 1.165) is 31.7 Å². The minimum Gasteiger partial charge on any atom is -0.340 e. The molecule has 0 aromatic heterocycles. The Balaban J connectivity index is 2.08. The Morgan fingerprint density at radius 2 is 2.12 bits per heavy atom. The van der Waals surface area contributed by atoms with Crippen molar-refractivity contribution in [3.63, 3.8) is 0 Å². The first-order chi connectivity index (χ1) is 8.18. The van der Waals surface area contributed by atoms with Crippen LogP contribution in [-0.2, 0) is 4.79 Å². The summed E-state index contributed by atoms with van der Waals surface area (Å²) in [5.41, 5.74) is 0.987. The van der Waals surface area contributed by atoms with Crippen LogP contribution in [0.1, 0.15) is 18.4 Å². The fraction of sp³-hybridized carbons (Fsp3) is 0.462. The Morgan fingerprint density at radius 1 is 1.41 bits per heavy atom. The van der Waals surface area contributed by atoms with E-state index in [2.05, 4.69) is 5.32 Å². The van der Waals surface area contributed by atoms with Crippen molar-refractivity contribution in [1.82, 2.24) is 10.2 Å². The molecule has 1 saturated heterocycles. The first kappa shape index (κ1) is 12.4. The standard InChI is InChI=1S/C13H17ClN2O/c1-10(11-3-2-4-12(14)9-11)13(17)16-7-5-15-6-8-16/h2-4,9-10,15H,5-8H2,1H3. The number of carbonyl (C=O) groups excluding carboxylic acids is 1. The SMILES string of the molecule is CC(C(=O)N1CCNCC1)c1cccc(Cl)c1. The van der Waals surface area contributed by atoms with E-state index in [4.69, 9.17) is 11.6 Å². The zero-order valence-electron chi connectivity index (χ0n) is 9.95. The highest BCUT2D eigenvalue weighted by Gasteiger charge is 2.23. The number of benzene rings is 1. The van der Waals surface area contributed by atoms with Gasteiger partial charge in [0.2, 0.25) is 5.91 Å². The Labute approximate surface area is 107 Å². The summed E-state index contributed by atoms with van der Waals surface area (Å²) in [5.74, 6) is 0.0700. The number of nitrogens with one attached hydrogen (secondary N) is 1. The van der Waals surface area contributed by atoms with Gasteiger partial charge in [0.15, 0.2) is 0 Å².